The lowest BCUT2D eigenvalue weighted by Gasteiger charge is -2.45. The van der Waals surface area contributed by atoms with E-state index in [0.717, 1.165) is 11.1 Å². The van der Waals surface area contributed by atoms with Crippen molar-refractivity contribution in [2.75, 3.05) is 13.7 Å². The Morgan fingerprint density at radius 1 is 1.16 bits per heavy atom. The van der Waals surface area contributed by atoms with Crippen LogP contribution in [0.2, 0.25) is 5.02 Å². The van der Waals surface area contributed by atoms with E-state index < -0.39 is 42.7 Å². The van der Waals surface area contributed by atoms with Crippen molar-refractivity contribution in [3.63, 3.8) is 0 Å². The van der Waals surface area contributed by atoms with Crippen LogP contribution in [0.5, 0.6) is 0 Å². The van der Waals surface area contributed by atoms with Crippen molar-refractivity contribution in [1.82, 2.24) is 0 Å². The van der Waals surface area contributed by atoms with Gasteiger partial charge in [-0.3, -0.25) is 0 Å². The van der Waals surface area contributed by atoms with Gasteiger partial charge in [-0.15, -0.1) is 6.42 Å². The lowest BCUT2D eigenvalue weighted by atomic mass is 9.85. The fourth-order valence-electron chi connectivity index (χ4n) is 3.72. The van der Waals surface area contributed by atoms with Crippen molar-refractivity contribution < 1.29 is 35.0 Å². The maximum Gasteiger partial charge on any atom is 0.222 e. The Balaban J connectivity index is 2.01. The van der Waals surface area contributed by atoms with Crippen molar-refractivity contribution >= 4 is 11.6 Å². The molecule has 1 aliphatic rings. The highest BCUT2D eigenvalue weighted by Crippen LogP contribution is 2.39. The maximum absolute atomic E-state index is 11.1. The standard InChI is InChI=1S/C23H25ClO7/c1-3-16(14-6-4-13(5-7-14)12-30-2)17-10-15(8-9-18(17)24)23(29)22(28)21(27)20(26)19(11-25)31-23/h1,4-10,16,19-22,25-29H,11-12H2,2H3/t16?,19-,20-,21+,22-,23-/m1/s1. The predicted molar refractivity (Wildman–Crippen MR) is 113 cm³/mol. The quantitative estimate of drug-likeness (QED) is 0.416. The van der Waals surface area contributed by atoms with E-state index in [0.29, 0.717) is 17.2 Å². The Kier molecular flexibility index (Phi) is 7.37. The van der Waals surface area contributed by atoms with Gasteiger partial charge in [0.2, 0.25) is 5.79 Å². The molecule has 0 radical (unpaired) electrons. The second kappa shape index (κ2) is 9.65. The summed E-state index contributed by atoms with van der Waals surface area (Å²) >= 11 is 6.40. The smallest absolute Gasteiger partial charge is 0.222 e. The van der Waals surface area contributed by atoms with Gasteiger partial charge in [-0.05, 0) is 28.8 Å². The molecule has 1 aliphatic heterocycles. The van der Waals surface area contributed by atoms with Crippen LogP contribution < -0.4 is 0 Å². The lowest BCUT2D eigenvalue weighted by molar-refractivity contribution is -0.357. The first-order chi connectivity index (χ1) is 14.8. The van der Waals surface area contributed by atoms with Crippen LogP contribution in [0.1, 0.15) is 28.2 Å². The summed E-state index contributed by atoms with van der Waals surface area (Å²) in [4.78, 5) is 0. The van der Waals surface area contributed by atoms with E-state index >= 15 is 0 Å². The number of hydrogen-bond donors (Lipinski definition) is 5. The number of ether oxygens (including phenoxy) is 2. The Morgan fingerprint density at radius 2 is 1.84 bits per heavy atom. The minimum absolute atomic E-state index is 0.0695. The van der Waals surface area contributed by atoms with Crippen LogP contribution in [0.4, 0.5) is 0 Å². The highest BCUT2D eigenvalue weighted by atomic mass is 35.5. The SMILES string of the molecule is C#CC(c1ccc(COC)cc1)c1cc([C@@]2(O)O[C@H](CO)[C@@H](O)[C@H](O)[C@H]2O)ccc1Cl. The minimum atomic E-state index is -2.40. The Morgan fingerprint density at radius 3 is 2.42 bits per heavy atom. The summed E-state index contributed by atoms with van der Waals surface area (Å²) < 4.78 is 10.5. The second-order valence-electron chi connectivity index (χ2n) is 7.47. The van der Waals surface area contributed by atoms with E-state index in [9.17, 15) is 25.5 Å². The van der Waals surface area contributed by atoms with Crippen LogP contribution in [0.15, 0.2) is 42.5 Å². The van der Waals surface area contributed by atoms with Crippen LogP contribution >= 0.6 is 11.6 Å². The van der Waals surface area contributed by atoms with Gasteiger partial charge in [-0.25, -0.2) is 0 Å². The van der Waals surface area contributed by atoms with Crippen LogP contribution in [-0.4, -0.2) is 63.7 Å². The monoisotopic (exact) mass is 448 g/mol. The van der Waals surface area contributed by atoms with E-state index in [1.54, 1.807) is 7.11 Å². The van der Waals surface area contributed by atoms with Gasteiger partial charge in [0.05, 0.1) is 19.1 Å². The molecular weight excluding hydrogens is 424 g/mol. The minimum Gasteiger partial charge on any atom is -0.394 e. The van der Waals surface area contributed by atoms with Crippen LogP contribution in [-0.2, 0) is 21.9 Å². The van der Waals surface area contributed by atoms with E-state index in [2.05, 4.69) is 5.92 Å². The molecule has 166 valence electrons. The molecule has 0 saturated carbocycles. The first kappa shape index (κ1) is 23.7. The van der Waals surface area contributed by atoms with Gasteiger partial charge in [0.1, 0.15) is 24.4 Å². The molecule has 0 amide bonds. The number of aliphatic hydroxyl groups excluding tert-OH is 4. The van der Waals surface area contributed by atoms with Gasteiger partial charge in [-0.2, -0.15) is 0 Å². The fraction of sp³-hybridized carbons (Fsp3) is 0.391. The molecule has 7 nitrogen and oxygen atoms in total. The number of halogens is 1. The number of hydrogen-bond acceptors (Lipinski definition) is 7. The molecule has 31 heavy (non-hydrogen) atoms. The third kappa shape index (κ3) is 4.48. The number of rotatable bonds is 6. The summed E-state index contributed by atoms with van der Waals surface area (Å²) in [7, 11) is 1.60. The van der Waals surface area contributed by atoms with Gasteiger partial charge in [0, 0.05) is 17.7 Å². The van der Waals surface area contributed by atoms with Gasteiger partial charge in [0.15, 0.2) is 0 Å². The topological polar surface area (TPSA) is 120 Å². The average molecular weight is 449 g/mol. The Bertz CT molecular complexity index is 940. The van der Waals surface area contributed by atoms with Gasteiger partial charge >= 0.3 is 0 Å². The zero-order valence-electron chi connectivity index (χ0n) is 16.9. The molecule has 1 heterocycles. The molecule has 8 heteroatoms. The zero-order valence-corrected chi connectivity index (χ0v) is 17.6. The molecule has 1 unspecified atom stereocenters. The molecular formula is C23H25ClO7. The van der Waals surface area contributed by atoms with E-state index in [-0.39, 0.29) is 5.56 Å². The summed E-state index contributed by atoms with van der Waals surface area (Å²) in [6.45, 7) is -0.214. The summed E-state index contributed by atoms with van der Waals surface area (Å²) in [5.41, 5.74) is 2.30. The van der Waals surface area contributed by atoms with Crippen LogP contribution in [0.25, 0.3) is 0 Å². The van der Waals surface area contributed by atoms with Crippen molar-refractivity contribution in [3.05, 3.63) is 69.7 Å². The molecule has 0 spiro atoms. The normalized spacial score (nSPS) is 29.4. The van der Waals surface area contributed by atoms with E-state index in [4.69, 9.17) is 27.5 Å². The van der Waals surface area contributed by atoms with E-state index in [1.807, 2.05) is 24.3 Å². The highest BCUT2D eigenvalue weighted by Gasteiger charge is 2.53. The van der Waals surface area contributed by atoms with Gasteiger partial charge in [-0.1, -0.05) is 47.9 Å². The first-order valence-corrected chi connectivity index (χ1v) is 10.0. The van der Waals surface area contributed by atoms with Gasteiger partial charge < -0.3 is 35.0 Å². The Hall–Kier alpha value is -1.99. The average Bonchev–Trinajstić information content (AvgIpc) is 2.78. The summed E-state index contributed by atoms with van der Waals surface area (Å²) in [6, 6.07) is 11.9. The fourth-order valence-corrected chi connectivity index (χ4v) is 3.95. The van der Waals surface area contributed by atoms with E-state index in [1.165, 1.54) is 18.2 Å². The number of benzene rings is 2. The molecule has 0 aromatic heterocycles. The molecule has 0 aliphatic carbocycles. The van der Waals surface area contributed by atoms with Crippen molar-refractivity contribution in [2.24, 2.45) is 0 Å². The highest BCUT2D eigenvalue weighted by molar-refractivity contribution is 6.31. The van der Waals surface area contributed by atoms with Crippen molar-refractivity contribution in [2.45, 2.75) is 42.7 Å². The molecule has 5 N–H and O–H groups in total. The maximum atomic E-state index is 11.1. The summed E-state index contributed by atoms with van der Waals surface area (Å²) in [6.07, 6.45) is -0.708. The molecule has 2 aromatic carbocycles. The van der Waals surface area contributed by atoms with Crippen LogP contribution in [0, 0.1) is 12.3 Å². The number of terminal acetylenes is 1. The molecule has 1 saturated heterocycles. The number of methoxy groups -OCH3 is 1. The first-order valence-electron chi connectivity index (χ1n) is 9.65. The Labute approximate surface area is 185 Å². The largest absolute Gasteiger partial charge is 0.394 e. The third-order valence-electron chi connectivity index (χ3n) is 5.48. The van der Waals surface area contributed by atoms with Crippen molar-refractivity contribution in [1.29, 1.82) is 0 Å². The molecule has 0 bridgehead atoms. The van der Waals surface area contributed by atoms with Crippen LogP contribution in [0.3, 0.4) is 0 Å². The van der Waals surface area contributed by atoms with Crippen molar-refractivity contribution in [3.8, 4) is 12.3 Å². The summed E-state index contributed by atoms with van der Waals surface area (Å²) in [5, 5.41) is 51.4. The second-order valence-corrected chi connectivity index (χ2v) is 7.88. The third-order valence-corrected chi connectivity index (χ3v) is 5.82. The molecule has 1 fully saturated rings. The predicted octanol–water partition coefficient (Wildman–Crippen LogP) is 0.870. The molecule has 3 rings (SSSR count). The van der Waals surface area contributed by atoms with Gasteiger partial charge in [0.25, 0.3) is 0 Å². The lowest BCUT2D eigenvalue weighted by Crippen LogP contribution is -2.63. The summed E-state index contributed by atoms with van der Waals surface area (Å²) in [5.74, 6) is -0.281. The zero-order chi connectivity index (χ0) is 22.8. The molecule has 2 aromatic rings. The molecule has 6 atom stereocenters. The number of aliphatic hydroxyl groups is 5.